The van der Waals surface area contributed by atoms with E-state index in [0.29, 0.717) is 24.3 Å². The lowest BCUT2D eigenvalue weighted by Crippen LogP contribution is -2.51. The van der Waals surface area contributed by atoms with Crippen molar-refractivity contribution in [3.8, 4) is 0 Å². The third-order valence-electron chi connectivity index (χ3n) is 4.89. The molecule has 9 heteroatoms. The summed E-state index contributed by atoms with van der Waals surface area (Å²) in [6.45, 7) is 12.7. The van der Waals surface area contributed by atoms with Crippen molar-refractivity contribution in [2.24, 2.45) is 5.92 Å². The largest absolute Gasteiger partial charge is 0.444 e. The van der Waals surface area contributed by atoms with Crippen LogP contribution in [0.25, 0.3) is 4.85 Å². The zero-order valence-electron chi connectivity index (χ0n) is 16.8. The molecule has 0 bridgehead atoms. The summed E-state index contributed by atoms with van der Waals surface area (Å²) in [6.07, 6.45) is 1.67. The monoisotopic (exact) mass is 404 g/mol. The van der Waals surface area contributed by atoms with Gasteiger partial charge >= 0.3 is 6.09 Å². The highest BCUT2D eigenvalue weighted by Crippen LogP contribution is 2.35. The SMILES string of the molecule is [C-]#[N+]c1cncc([C@@H]2CCON2C(=O)[C@@H]2CCN(C(=O)OC(C)(C)C)C[C@H]2F)c1. The van der Waals surface area contributed by atoms with Crippen molar-refractivity contribution in [2.75, 3.05) is 19.7 Å². The van der Waals surface area contributed by atoms with Gasteiger partial charge in [-0.2, -0.15) is 0 Å². The molecule has 1 aromatic rings. The van der Waals surface area contributed by atoms with Crippen LogP contribution in [0.1, 0.15) is 45.2 Å². The number of carbonyl (C=O) groups is 2. The summed E-state index contributed by atoms with van der Waals surface area (Å²) in [5, 5.41) is 1.21. The summed E-state index contributed by atoms with van der Waals surface area (Å²) in [7, 11) is 0. The number of nitrogens with zero attached hydrogens (tertiary/aromatic N) is 4. The van der Waals surface area contributed by atoms with Crippen molar-refractivity contribution in [3.63, 3.8) is 0 Å². The fourth-order valence-corrected chi connectivity index (χ4v) is 3.52. The van der Waals surface area contributed by atoms with Gasteiger partial charge in [-0.3, -0.25) is 14.6 Å². The van der Waals surface area contributed by atoms with E-state index in [4.69, 9.17) is 16.1 Å². The molecule has 3 atom stereocenters. The Balaban J connectivity index is 1.67. The minimum Gasteiger partial charge on any atom is -0.444 e. The van der Waals surface area contributed by atoms with Crippen LogP contribution in [0.5, 0.6) is 0 Å². The first kappa shape index (κ1) is 21.0. The van der Waals surface area contributed by atoms with E-state index < -0.39 is 35.7 Å². The molecule has 8 nitrogen and oxygen atoms in total. The normalized spacial score (nSPS) is 24.9. The van der Waals surface area contributed by atoms with Crippen LogP contribution >= 0.6 is 0 Å². The number of hydroxylamine groups is 2. The molecule has 0 saturated carbocycles. The molecule has 0 unspecified atom stereocenters. The lowest BCUT2D eigenvalue weighted by atomic mass is 9.93. The number of hydrogen-bond acceptors (Lipinski definition) is 5. The molecule has 3 heterocycles. The van der Waals surface area contributed by atoms with Crippen LogP contribution in [0, 0.1) is 12.5 Å². The van der Waals surface area contributed by atoms with Gasteiger partial charge in [0, 0.05) is 25.4 Å². The van der Waals surface area contributed by atoms with Crippen LogP contribution in [0.4, 0.5) is 14.9 Å². The van der Waals surface area contributed by atoms with E-state index in [1.807, 2.05) is 0 Å². The van der Waals surface area contributed by atoms with Crippen LogP contribution in [0.3, 0.4) is 0 Å². The lowest BCUT2D eigenvalue weighted by molar-refractivity contribution is -0.185. The average molecular weight is 404 g/mol. The van der Waals surface area contributed by atoms with E-state index >= 15 is 0 Å². The summed E-state index contributed by atoms with van der Waals surface area (Å²) in [6, 6.07) is 1.25. The van der Waals surface area contributed by atoms with Gasteiger partial charge in [-0.15, -0.1) is 0 Å². The van der Waals surface area contributed by atoms with Gasteiger partial charge in [0.25, 0.3) is 5.91 Å². The Morgan fingerprint density at radius 1 is 1.34 bits per heavy atom. The van der Waals surface area contributed by atoms with E-state index in [9.17, 15) is 14.0 Å². The number of ether oxygens (including phenoxy) is 1. The first-order valence-electron chi connectivity index (χ1n) is 9.60. The maximum atomic E-state index is 14.8. The Labute approximate surface area is 169 Å². The van der Waals surface area contributed by atoms with Gasteiger partial charge in [-0.05, 0) is 38.8 Å². The van der Waals surface area contributed by atoms with Gasteiger partial charge < -0.3 is 9.64 Å². The van der Waals surface area contributed by atoms with Crippen molar-refractivity contribution < 1.29 is 23.6 Å². The molecule has 2 aliphatic heterocycles. The standard InChI is InChI=1S/C20H25FN4O4/c1-20(2,3)29-19(27)24-7-5-15(16(21)12-24)18(26)25-17(6-8-28-25)13-9-14(22-4)11-23-10-13/h9-11,15-17H,5-8,12H2,1-3H3/t15-,16-,17+/m1/s1. The first-order chi connectivity index (χ1) is 13.7. The number of halogens is 1. The quantitative estimate of drug-likeness (QED) is 0.706. The van der Waals surface area contributed by atoms with Crippen LogP contribution in [-0.4, -0.2) is 58.4 Å². The highest BCUT2D eigenvalue weighted by atomic mass is 19.1. The van der Waals surface area contributed by atoms with E-state index in [0.717, 1.165) is 0 Å². The fourth-order valence-electron chi connectivity index (χ4n) is 3.52. The molecule has 0 N–H and O–H groups in total. The van der Waals surface area contributed by atoms with E-state index in [-0.39, 0.29) is 19.5 Å². The molecule has 3 rings (SSSR count). The summed E-state index contributed by atoms with van der Waals surface area (Å²) in [5.41, 5.74) is 0.391. The second kappa shape index (κ2) is 8.33. The average Bonchev–Trinajstić information content (AvgIpc) is 3.16. The Hall–Kier alpha value is -2.73. The number of alkyl halides is 1. The molecular weight excluding hydrogens is 379 g/mol. The Kier molecular flexibility index (Phi) is 6.03. The van der Waals surface area contributed by atoms with Crippen LogP contribution < -0.4 is 0 Å². The first-order valence-corrected chi connectivity index (χ1v) is 9.60. The van der Waals surface area contributed by atoms with Crippen molar-refractivity contribution in [3.05, 3.63) is 35.4 Å². The Bertz CT molecular complexity index is 819. The van der Waals surface area contributed by atoms with E-state index in [2.05, 4.69) is 9.83 Å². The second-order valence-electron chi connectivity index (χ2n) is 8.23. The number of piperidine rings is 1. The third kappa shape index (κ3) is 4.82. The zero-order valence-corrected chi connectivity index (χ0v) is 16.8. The van der Waals surface area contributed by atoms with Crippen molar-refractivity contribution in [2.45, 2.75) is 51.4 Å². The van der Waals surface area contributed by atoms with Gasteiger partial charge in [0.1, 0.15) is 11.8 Å². The highest BCUT2D eigenvalue weighted by Gasteiger charge is 2.43. The predicted octanol–water partition coefficient (Wildman–Crippen LogP) is 3.43. The van der Waals surface area contributed by atoms with Crippen molar-refractivity contribution >= 4 is 17.7 Å². The number of rotatable bonds is 2. The van der Waals surface area contributed by atoms with Gasteiger partial charge in [0.05, 0.1) is 31.7 Å². The molecule has 2 amide bonds. The summed E-state index contributed by atoms with van der Waals surface area (Å²) >= 11 is 0. The molecule has 2 fully saturated rings. The molecule has 2 saturated heterocycles. The topological polar surface area (TPSA) is 76.3 Å². The van der Waals surface area contributed by atoms with Gasteiger partial charge in [0.2, 0.25) is 5.69 Å². The second-order valence-corrected chi connectivity index (χ2v) is 8.23. The molecule has 0 spiro atoms. The molecule has 29 heavy (non-hydrogen) atoms. The number of hydrogen-bond donors (Lipinski definition) is 0. The molecule has 0 aromatic carbocycles. The third-order valence-corrected chi connectivity index (χ3v) is 4.89. The van der Waals surface area contributed by atoms with Crippen LogP contribution in [0.15, 0.2) is 18.5 Å². The highest BCUT2D eigenvalue weighted by molar-refractivity contribution is 5.80. The number of likely N-dealkylation sites (tertiary alicyclic amines) is 1. The summed E-state index contributed by atoms with van der Waals surface area (Å²) in [4.78, 5) is 39.4. The number of aromatic nitrogens is 1. The summed E-state index contributed by atoms with van der Waals surface area (Å²) < 4.78 is 20.1. The molecule has 2 aliphatic rings. The maximum Gasteiger partial charge on any atom is 0.410 e. The molecule has 0 radical (unpaired) electrons. The maximum absolute atomic E-state index is 14.8. The molecular formula is C20H25FN4O4. The van der Waals surface area contributed by atoms with Gasteiger partial charge in [0.15, 0.2) is 0 Å². The minimum atomic E-state index is -1.51. The van der Waals surface area contributed by atoms with Crippen LogP contribution in [-0.2, 0) is 14.4 Å². The lowest BCUT2D eigenvalue weighted by Gasteiger charge is -2.36. The smallest absolute Gasteiger partial charge is 0.410 e. The number of carbonyl (C=O) groups excluding carboxylic acids is 2. The van der Waals surface area contributed by atoms with Crippen LogP contribution in [0.2, 0.25) is 0 Å². The molecule has 156 valence electrons. The van der Waals surface area contributed by atoms with E-state index in [1.54, 1.807) is 33.0 Å². The molecule has 1 aromatic heterocycles. The van der Waals surface area contributed by atoms with E-state index in [1.165, 1.54) is 16.2 Å². The van der Waals surface area contributed by atoms with Gasteiger partial charge in [-0.25, -0.2) is 19.1 Å². The van der Waals surface area contributed by atoms with Crippen molar-refractivity contribution in [1.29, 1.82) is 0 Å². The van der Waals surface area contributed by atoms with Gasteiger partial charge in [-0.1, -0.05) is 0 Å². The Morgan fingerprint density at radius 3 is 2.76 bits per heavy atom. The fraction of sp³-hybridized carbons (Fsp3) is 0.600. The summed E-state index contributed by atoms with van der Waals surface area (Å²) in [5.74, 6) is -1.34. The minimum absolute atomic E-state index is 0.187. The molecule has 0 aliphatic carbocycles. The predicted molar refractivity (Wildman–Crippen MR) is 101 cm³/mol. The number of pyridine rings is 1. The zero-order chi connectivity index (χ0) is 21.2. The Morgan fingerprint density at radius 2 is 2.10 bits per heavy atom. The van der Waals surface area contributed by atoms with Crippen molar-refractivity contribution in [1.82, 2.24) is 14.9 Å². The number of amides is 2.